The first-order chi connectivity index (χ1) is 13.7. The van der Waals surface area contributed by atoms with Crippen molar-refractivity contribution in [1.82, 2.24) is 9.97 Å². The number of benzene rings is 2. The summed E-state index contributed by atoms with van der Waals surface area (Å²) in [5.41, 5.74) is 7.03. The van der Waals surface area contributed by atoms with Crippen LogP contribution in [0.15, 0.2) is 65.7 Å². The molecular formula is C23H19N3O2. The molecule has 0 saturated carbocycles. The minimum absolute atomic E-state index is 0.138. The first-order valence-corrected chi connectivity index (χ1v) is 9.35. The van der Waals surface area contributed by atoms with E-state index < -0.39 is 0 Å². The summed E-state index contributed by atoms with van der Waals surface area (Å²) in [6.45, 7) is 2.77. The van der Waals surface area contributed by atoms with E-state index in [1.165, 1.54) is 17.5 Å². The molecule has 4 aromatic rings. The molecule has 0 saturated heterocycles. The number of carbonyl (C=O) groups is 1. The Kier molecular flexibility index (Phi) is 3.93. The average molecular weight is 369 g/mol. The lowest BCUT2D eigenvalue weighted by Gasteiger charge is -2.18. The maximum Gasteiger partial charge on any atom is 0.231 e. The Morgan fingerprint density at radius 3 is 3.04 bits per heavy atom. The van der Waals surface area contributed by atoms with Crippen molar-refractivity contribution < 1.29 is 9.21 Å². The van der Waals surface area contributed by atoms with Crippen molar-refractivity contribution in [1.29, 1.82) is 0 Å². The lowest BCUT2D eigenvalue weighted by molar-refractivity contribution is -0.117. The van der Waals surface area contributed by atoms with E-state index in [1.807, 2.05) is 42.2 Å². The van der Waals surface area contributed by atoms with Crippen LogP contribution < -0.4 is 4.90 Å². The summed E-state index contributed by atoms with van der Waals surface area (Å²) in [7, 11) is 0. The van der Waals surface area contributed by atoms with Crippen LogP contribution in [0.2, 0.25) is 0 Å². The van der Waals surface area contributed by atoms with Crippen LogP contribution in [0.1, 0.15) is 16.7 Å². The molecule has 28 heavy (non-hydrogen) atoms. The molecule has 2 aromatic heterocycles. The van der Waals surface area contributed by atoms with Crippen molar-refractivity contribution in [3.8, 4) is 11.1 Å². The molecule has 0 aliphatic carbocycles. The number of aryl methyl sites for hydroxylation is 1. The standard InChI is InChI=1S/C23H19N3O2/c1-15-3-2-4-16(9-15)10-22(27)26-8-7-18-11-17(5-6-21(18)26)20-13-28-23-19(20)12-24-14-25-23/h2-6,9,11-14H,7-8,10H2,1H3. The van der Waals surface area contributed by atoms with Crippen LogP contribution in [0, 0.1) is 6.92 Å². The molecule has 0 radical (unpaired) electrons. The van der Waals surface area contributed by atoms with E-state index in [2.05, 4.69) is 22.1 Å². The van der Waals surface area contributed by atoms with Gasteiger partial charge in [-0.2, -0.15) is 0 Å². The van der Waals surface area contributed by atoms with Gasteiger partial charge in [0.1, 0.15) is 12.6 Å². The Morgan fingerprint density at radius 2 is 2.14 bits per heavy atom. The summed E-state index contributed by atoms with van der Waals surface area (Å²) in [5.74, 6) is 0.138. The Labute approximate surface area is 162 Å². The van der Waals surface area contributed by atoms with Gasteiger partial charge in [-0.3, -0.25) is 4.79 Å². The summed E-state index contributed by atoms with van der Waals surface area (Å²) in [6, 6.07) is 14.4. The minimum Gasteiger partial charge on any atom is -0.445 e. The molecule has 0 unspecified atom stereocenters. The number of amides is 1. The van der Waals surface area contributed by atoms with Gasteiger partial charge in [0.2, 0.25) is 11.6 Å². The zero-order valence-electron chi connectivity index (χ0n) is 15.6. The number of rotatable bonds is 3. The zero-order valence-corrected chi connectivity index (χ0v) is 15.6. The van der Waals surface area contributed by atoms with Crippen molar-refractivity contribution in [3.05, 3.63) is 77.9 Å². The summed E-state index contributed by atoms with van der Waals surface area (Å²) < 4.78 is 5.54. The Hall–Kier alpha value is -3.47. The SMILES string of the molecule is Cc1cccc(CC(=O)N2CCc3cc(-c4coc5ncncc45)ccc32)c1. The molecular weight excluding hydrogens is 350 g/mol. The quantitative estimate of drug-likeness (QED) is 0.539. The van der Waals surface area contributed by atoms with Gasteiger partial charge in [-0.1, -0.05) is 35.9 Å². The van der Waals surface area contributed by atoms with Crippen LogP contribution in [0.3, 0.4) is 0 Å². The van der Waals surface area contributed by atoms with Gasteiger partial charge in [-0.25, -0.2) is 9.97 Å². The average Bonchev–Trinajstić information content (AvgIpc) is 3.31. The molecule has 138 valence electrons. The van der Waals surface area contributed by atoms with E-state index in [9.17, 15) is 4.79 Å². The third-order valence-electron chi connectivity index (χ3n) is 5.28. The van der Waals surface area contributed by atoms with Gasteiger partial charge < -0.3 is 9.32 Å². The molecule has 0 fully saturated rings. The first kappa shape index (κ1) is 16.7. The van der Waals surface area contributed by atoms with Crippen LogP contribution in [0.5, 0.6) is 0 Å². The summed E-state index contributed by atoms with van der Waals surface area (Å²) >= 11 is 0. The molecule has 1 aliphatic heterocycles. The molecule has 3 heterocycles. The third kappa shape index (κ3) is 2.85. The number of hydrogen-bond donors (Lipinski definition) is 0. The van der Waals surface area contributed by atoms with E-state index >= 15 is 0 Å². The number of furan rings is 1. The maximum absolute atomic E-state index is 12.9. The molecule has 5 heteroatoms. The van der Waals surface area contributed by atoms with Crippen molar-refractivity contribution in [2.45, 2.75) is 19.8 Å². The van der Waals surface area contributed by atoms with Gasteiger partial charge in [-0.05, 0) is 42.2 Å². The number of fused-ring (bicyclic) bond motifs is 2. The minimum atomic E-state index is 0.138. The third-order valence-corrected chi connectivity index (χ3v) is 5.28. The van der Waals surface area contributed by atoms with Crippen LogP contribution >= 0.6 is 0 Å². The maximum atomic E-state index is 12.9. The Morgan fingerprint density at radius 1 is 1.21 bits per heavy atom. The summed E-state index contributed by atoms with van der Waals surface area (Å²) in [4.78, 5) is 23.0. The van der Waals surface area contributed by atoms with Gasteiger partial charge in [0.25, 0.3) is 0 Å². The lowest BCUT2D eigenvalue weighted by Crippen LogP contribution is -2.30. The van der Waals surface area contributed by atoms with Gasteiger partial charge >= 0.3 is 0 Å². The van der Waals surface area contributed by atoms with E-state index in [1.54, 1.807) is 12.5 Å². The van der Waals surface area contributed by atoms with Crippen LogP contribution in [0.4, 0.5) is 5.69 Å². The second-order valence-electron chi connectivity index (χ2n) is 7.20. The fourth-order valence-corrected chi connectivity index (χ4v) is 3.92. The van der Waals surface area contributed by atoms with Crippen LogP contribution in [-0.4, -0.2) is 22.4 Å². The van der Waals surface area contributed by atoms with Gasteiger partial charge in [0.05, 0.1) is 11.8 Å². The zero-order chi connectivity index (χ0) is 19.1. The normalized spacial score (nSPS) is 13.1. The molecule has 1 aliphatic rings. The highest BCUT2D eigenvalue weighted by atomic mass is 16.3. The van der Waals surface area contributed by atoms with Crippen LogP contribution in [0.25, 0.3) is 22.2 Å². The second-order valence-corrected chi connectivity index (χ2v) is 7.20. The van der Waals surface area contributed by atoms with Crippen LogP contribution in [-0.2, 0) is 17.6 Å². The predicted octanol–water partition coefficient (Wildman–Crippen LogP) is 4.33. The van der Waals surface area contributed by atoms with Gasteiger partial charge in [0, 0.05) is 24.0 Å². The number of aromatic nitrogens is 2. The van der Waals surface area contributed by atoms with Gasteiger partial charge in [0.15, 0.2) is 0 Å². The van der Waals surface area contributed by atoms with Crippen molar-refractivity contribution >= 4 is 22.7 Å². The molecule has 2 aromatic carbocycles. The highest BCUT2D eigenvalue weighted by Gasteiger charge is 2.25. The summed E-state index contributed by atoms with van der Waals surface area (Å²) in [5, 5.41) is 0.896. The molecule has 0 bridgehead atoms. The van der Waals surface area contributed by atoms with E-state index in [0.717, 1.165) is 40.7 Å². The summed E-state index contributed by atoms with van der Waals surface area (Å²) in [6.07, 6.45) is 6.25. The molecule has 0 N–H and O–H groups in total. The van der Waals surface area contributed by atoms with Crippen molar-refractivity contribution in [3.63, 3.8) is 0 Å². The fraction of sp³-hybridized carbons (Fsp3) is 0.174. The molecule has 1 amide bonds. The first-order valence-electron chi connectivity index (χ1n) is 9.35. The molecule has 5 rings (SSSR count). The topological polar surface area (TPSA) is 59.2 Å². The van der Waals surface area contributed by atoms with E-state index in [4.69, 9.17) is 4.42 Å². The smallest absolute Gasteiger partial charge is 0.231 e. The molecule has 0 spiro atoms. The number of anilines is 1. The van der Waals surface area contributed by atoms with E-state index in [-0.39, 0.29) is 5.91 Å². The Balaban J connectivity index is 1.43. The largest absolute Gasteiger partial charge is 0.445 e. The highest BCUT2D eigenvalue weighted by Crippen LogP contribution is 2.35. The monoisotopic (exact) mass is 369 g/mol. The number of carbonyl (C=O) groups excluding carboxylic acids is 1. The Bertz CT molecular complexity index is 1200. The number of hydrogen-bond acceptors (Lipinski definition) is 4. The van der Waals surface area contributed by atoms with Crippen molar-refractivity contribution in [2.75, 3.05) is 11.4 Å². The van der Waals surface area contributed by atoms with Crippen molar-refractivity contribution in [2.24, 2.45) is 0 Å². The van der Waals surface area contributed by atoms with Gasteiger partial charge in [-0.15, -0.1) is 0 Å². The second kappa shape index (κ2) is 6.60. The highest BCUT2D eigenvalue weighted by molar-refractivity contribution is 5.98. The lowest BCUT2D eigenvalue weighted by atomic mass is 10.0. The predicted molar refractivity (Wildman–Crippen MR) is 108 cm³/mol. The fourth-order valence-electron chi connectivity index (χ4n) is 3.92. The number of nitrogens with zero attached hydrogens (tertiary/aromatic N) is 3. The molecule has 5 nitrogen and oxygen atoms in total. The molecule has 0 atom stereocenters. The van der Waals surface area contributed by atoms with E-state index in [0.29, 0.717) is 12.1 Å².